The molecule has 15 nitrogen and oxygen atoms in total. The molecule has 3 aromatic rings. The molecule has 7 atom stereocenters. The fourth-order valence-electron chi connectivity index (χ4n) is 5.21. The fourth-order valence-corrected chi connectivity index (χ4v) is 5.97. The third-order valence-corrected chi connectivity index (χ3v) is 7.85. The maximum Gasteiger partial charge on any atom is 0.697 e. The second-order valence-electron chi connectivity index (χ2n) is 10.0. The minimum atomic E-state index is -2.52. The topological polar surface area (TPSA) is 190 Å². The van der Waals surface area contributed by atoms with Gasteiger partial charge in [-0.25, -0.2) is 15.0 Å². The molecule has 2 saturated heterocycles. The van der Waals surface area contributed by atoms with Crippen LogP contribution >= 0.6 is 8.25 Å². The van der Waals surface area contributed by atoms with E-state index in [4.69, 9.17) is 29.0 Å². The Labute approximate surface area is 236 Å². The smallest absolute Gasteiger partial charge is 0.382 e. The zero-order valence-corrected chi connectivity index (χ0v) is 24.1. The van der Waals surface area contributed by atoms with Gasteiger partial charge in [0.2, 0.25) is 0 Å². The molecule has 5 rings (SSSR count). The number of anilines is 2. The van der Waals surface area contributed by atoms with Gasteiger partial charge in [0.05, 0.1) is 30.5 Å². The lowest BCUT2D eigenvalue weighted by Gasteiger charge is -2.19. The average Bonchev–Trinajstić information content (AvgIpc) is 3.60. The number of aryl methyl sites for hydroxylation is 1. The number of aliphatic imine (C=N–C) groups is 1. The summed E-state index contributed by atoms with van der Waals surface area (Å²) in [5.41, 5.74) is 7.32. The van der Waals surface area contributed by atoms with Crippen molar-refractivity contribution in [1.29, 1.82) is 0 Å². The number of aromatic amines is 1. The molecule has 2 fully saturated rings. The summed E-state index contributed by atoms with van der Waals surface area (Å²) in [6, 6.07) is 0. The summed E-state index contributed by atoms with van der Waals surface area (Å²) < 4.78 is 43.7. The van der Waals surface area contributed by atoms with Crippen molar-refractivity contribution in [2.24, 2.45) is 10.9 Å². The van der Waals surface area contributed by atoms with E-state index in [0.717, 1.165) is 5.56 Å². The largest absolute Gasteiger partial charge is 0.697 e. The molecule has 5 heterocycles. The number of nitrogens with zero attached hydrogens (tertiary/aromatic N) is 5. The second kappa shape index (κ2) is 12.7. The van der Waals surface area contributed by atoms with Crippen LogP contribution < -0.4 is 16.6 Å². The first-order valence-corrected chi connectivity index (χ1v) is 14.4. The molecular weight excluding hydrogens is 555 g/mol. The van der Waals surface area contributed by atoms with Crippen molar-refractivity contribution in [3.05, 3.63) is 34.8 Å². The van der Waals surface area contributed by atoms with E-state index < -0.39 is 20.6 Å². The van der Waals surface area contributed by atoms with Crippen LogP contribution in [-0.4, -0.2) is 75.6 Å². The van der Waals surface area contributed by atoms with Gasteiger partial charge in [-0.2, -0.15) is 0 Å². The van der Waals surface area contributed by atoms with Crippen LogP contribution in [-0.2, 0) is 27.8 Å². The van der Waals surface area contributed by atoms with E-state index >= 15 is 0 Å². The lowest BCUT2D eigenvalue weighted by atomic mass is 10.1. The first-order chi connectivity index (χ1) is 19.8. The normalized spacial score (nSPS) is 26.8. The third-order valence-electron chi connectivity index (χ3n) is 7.04. The summed E-state index contributed by atoms with van der Waals surface area (Å²) in [6.07, 6.45) is 4.83. The molecule has 0 aliphatic carbocycles. The number of aromatic nitrogens is 5. The number of methoxy groups -OCH3 is 1. The van der Waals surface area contributed by atoms with Crippen LogP contribution in [0.3, 0.4) is 0 Å². The SMILES string of the molecule is CC=Nc1c(N)ncnc1N[C@@H]1O[C@H](CO[P+](=O)O[C@@H]2C[C@@H](COC)O[C@H]2n2cc(C)c3c(=O)[nH]cnc32)C[C@H]1C. The van der Waals surface area contributed by atoms with E-state index in [1.54, 1.807) is 31.0 Å². The van der Waals surface area contributed by atoms with Gasteiger partial charge in [-0.05, 0) is 25.8 Å². The highest BCUT2D eigenvalue weighted by Gasteiger charge is 2.45. The Hall–Kier alpha value is -3.33. The highest BCUT2D eigenvalue weighted by atomic mass is 31.1. The summed E-state index contributed by atoms with van der Waals surface area (Å²) in [7, 11) is -0.938. The summed E-state index contributed by atoms with van der Waals surface area (Å²) in [5.74, 6) is 0.818. The first-order valence-electron chi connectivity index (χ1n) is 13.3. The molecule has 0 bridgehead atoms. The van der Waals surface area contributed by atoms with Gasteiger partial charge in [0.15, 0.2) is 24.0 Å². The molecule has 1 unspecified atom stereocenters. The van der Waals surface area contributed by atoms with Crippen molar-refractivity contribution in [2.75, 3.05) is 31.4 Å². The maximum absolute atomic E-state index is 12.9. The monoisotopic (exact) mass is 589 g/mol. The number of nitrogens with one attached hydrogen (secondary N) is 2. The maximum atomic E-state index is 12.9. The molecule has 16 heteroatoms. The summed E-state index contributed by atoms with van der Waals surface area (Å²) >= 11 is 0. The van der Waals surface area contributed by atoms with Crippen molar-refractivity contribution in [3.8, 4) is 0 Å². The van der Waals surface area contributed by atoms with Gasteiger partial charge < -0.3 is 34.8 Å². The van der Waals surface area contributed by atoms with Crippen molar-refractivity contribution >= 4 is 42.8 Å². The molecular formula is C25H34N8O7P+. The lowest BCUT2D eigenvalue weighted by Crippen LogP contribution is -2.26. The molecule has 41 heavy (non-hydrogen) atoms. The Morgan fingerprint density at radius 1 is 1.27 bits per heavy atom. The van der Waals surface area contributed by atoms with Crippen LogP contribution in [0.15, 0.2) is 28.6 Å². The number of hydrogen-bond acceptors (Lipinski definition) is 13. The molecule has 0 radical (unpaired) electrons. The van der Waals surface area contributed by atoms with Crippen molar-refractivity contribution in [3.63, 3.8) is 0 Å². The molecule has 0 spiro atoms. The van der Waals surface area contributed by atoms with E-state index in [0.29, 0.717) is 42.0 Å². The van der Waals surface area contributed by atoms with Crippen LogP contribution in [0.4, 0.5) is 17.3 Å². The molecule has 2 aliphatic rings. The minimum absolute atomic E-state index is 0.0613. The van der Waals surface area contributed by atoms with Gasteiger partial charge in [0, 0.05) is 36.4 Å². The molecule has 0 saturated carbocycles. The Morgan fingerprint density at radius 2 is 2.07 bits per heavy atom. The van der Waals surface area contributed by atoms with Crippen molar-refractivity contribution in [1.82, 2.24) is 24.5 Å². The third kappa shape index (κ3) is 6.30. The predicted molar refractivity (Wildman–Crippen MR) is 150 cm³/mol. The number of nitrogens with two attached hydrogens (primary N) is 1. The van der Waals surface area contributed by atoms with Crippen LogP contribution in [0.2, 0.25) is 0 Å². The van der Waals surface area contributed by atoms with Gasteiger partial charge in [0.1, 0.15) is 30.5 Å². The number of nitrogen functional groups attached to an aromatic ring is 1. The highest BCUT2D eigenvalue weighted by Crippen LogP contribution is 2.41. The van der Waals surface area contributed by atoms with E-state index in [9.17, 15) is 9.36 Å². The molecule has 220 valence electrons. The van der Waals surface area contributed by atoms with Crippen LogP contribution in [0.25, 0.3) is 11.0 Å². The van der Waals surface area contributed by atoms with Gasteiger partial charge in [-0.1, -0.05) is 6.92 Å². The van der Waals surface area contributed by atoms with E-state index in [1.807, 2.05) is 13.8 Å². The van der Waals surface area contributed by atoms with Crippen LogP contribution in [0, 0.1) is 12.8 Å². The Bertz CT molecular complexity index is 1480. The van der Waals surface area contributed by atoms with E-state index in [-0.39, 0.29) is 42.3 Å². The number of fused-ring (bicyclic) bond motifs is 1. The number of hydrogen-bond donors (Lipinski definition) is 3. The quantitative estimate of drug-likeness (QED) is 0.219. The fraction of sp³-hybridized carbons (Fsp3) is 0.560. The number of rotatable bonds is 11. The predicted octanol–water partition coefficient (Wildman–Crippen LogP) is 2.98. The van der Waals surface area contributed by atoms with Crippen LogP contribution in [0.5, 0.6) is 0 Å². The summed E-state index contributed by atoms with van der Waals surface area (Å²) in [4.78, 5) is 31.8. The van der Waals surface area contributed by atoms with Gasteiger partial charge >= 0.3 is 8.25 Å². The molecule has 0 aromatic carbocycles. The van der Waals surface area contributed by atoms with E-state index in [1.165, 1.54) is 12.7 Å². The Balaban J connectivity index is 1.21. The second-order valence-corrected chi connectivity index (χ2v) is 10.9. The molecule has 0 amide bonds. The zero-order valence-electron chi connectivity index (χ0n) is 23.2. The van der Waals surface area contributed by atoms with Gasteiger partial charge in [-0.15, -0.1) is 9.05 Å². The summed E-state index contributed by atoms with van der Waals surface area (Å²) in [5, 5.41) is 3.69. The minimum Gasteiger partial charge on any atom is -0.382 e. The molecule has 4 N–H and O–H groups in total. The lowest BCUT2D eigenvalue weighted by molar-refractivity contribution is -0.0512. The molecule has 3 aromatic heterocycles. The standard InChI is InChI=1S/C25H33N8O7P/c1-5-27-19-20(26)28-11-29-21(19)32-24-13(2)6-15(38-24)10-37-41(35)40-17-7-16(9-36-4)39-25(17)33-8-14(3)18-22(33)30-12-31-23(18)34/h5,8,11-13,15-17,24-25H,6-7,9-10H2,1-4H3,(H3-,26,28,29,30,31,32,34)/p+1/t13-,15+,16+,17-,24-,25-/m1/s1. The van der Waals surface area contributed by atoms with Gasteiger partial charge in [-0.3, -0.25) is 9.79 Å². The van der Waals surface area contributed by atoms with Crippen molar-refractivity contribution < 1.29 is 27.8 Å². The number of ether oxygens (including phenoxy) is 3. The number of H-pyrrole nitrogens is 1. The van der Waals surface area contributed by atoms with Gasteiger partial charge in [0.25, 0.3) is 5.56 Å². The Kier molecular flexibility index (Phi) is 9.02. The summed E-state index contributed by atoms with van der Waals surface area (Å²) in [6.45, 7) is 6.01. The van der Waals surface area contributed by atoms with Crippen molar-refractivity contribution in [2.45, 2.75) is 64.4 Å². The zero-order chi connectivity index (χ0) is 29.1. The highest BCUT2D eigenvalue weighted by molar-refractivity contribution is 7.33. The average molecular weight is 590 g/mol. The van der Waals surface area contributed by atoms with Crippen LogP contribution in [0.1, 0.15) is 38.5 Å². The molecule has 2 aliphatic heterocycles. The van der Waals surface area contributed by atoms with E-state index in [2.05, 4.69) is 30.2 Å². The first kappa shape index (κ1) is 29.2. The Morgan fingerprint density at radius 3 is 2.85 bits per heavy atom.